The summed E-state index contributed by atoms with van der Waals surface area (Å²) in [7, 11) is 0. The Bertz CT molecular complexity index is 737. The fourth-order valence-corrected chi connectivity index (χ4v) is 3.57. The number of ether oxygens (including phenoxy) is 2. The second kappa shape index (κ2) is 7.96. The zero-order valence-electron chi connectivity index (χ0n) is 14.6. The first-order chi connectivity index (χ1) is 12.5. The van der Waals surface area contributed by atoms with Crippen LogP contribution in [0.1, 0.15) is 19.6 Å². The molecule has 0 aliphatic carbocycles. The van der Waals surface area contributed by atoms with Gasteiger partial charge in [0.05, 0.1) is 24.7 Å². The van der Waals surface area contributed by atoms with E-state index >= 15 is 0 Å². The molecule has 2 aliphatic heterocycles. The van der Waals surface area contributed by atoms with Gasteiger partial charge in [-0.2, -0.15) is 0 Å². The van der Waals surface area contributed by atoms with Crippen LogP contribution in [0.5, 0.6) is 0 Å². The molecule has 140 valence electrons. The van der Waals surface area contributed by atoms with Crippen LogP contribution in [-0.2, 0) is 19.1 Å². The van der Waals surface area contributed by atoms with Crippen molar-refractivity contribution in [3.05, 3.63) is 22.8 Å². The molecule has 3 rings (SSSR count). The van der Waals surface area contributed by atoms with Gasteiger partial charge in [-0.3, -0.25) is 14.5 Å². The van der Waals surface area contributed by atoms with Crippen molar-refractivity contribution in [3.8, 4) is 0 Å². The van der Waals surface area contributed by atoms with E-state index in [1.165, 1.54) is 13.0 Å². The number of hydrogen-bond acceptors (Lipinski definition) is 8. The van der Waals surface area contributed by atoms with Crippen molar-refractivity contribution < 1.29 is 28.3 Å². The Morgan fingerprint density at radius 2 is 2.08 bits per heavy atom. The lowest BCUT2D eigenvalue weighted by Crippen LogP contribution is -2.42. The summed E-state index contributed by atoms with van der Waals surface area (Å²) in [5.74, 6) is 0.0352. The van der Waals surface area contributed by atoms with Gasteiger partial charge >= 0.3 is 5.97 Å². The monoisotopic (exact) mass is 380 g/mol. The van der Waals surface area contributed by atoms with E-state index in [1.54, 1.807) is 13.0 Å². The molecule has 0 spiro atoms. The van der Waals surface area contributed by atoms with E-state index in [2.05, 4.69) is 4.90 Å². The fraction of sp³-hybridized carbons (Fsp3) is 0.471. The largest absolute Gasteiger partial charge is 0.464 e. The third-order valence-corrected chi connectivity index (χ3v) is 4.93. The van der Waals surface area contributed by atoms with E-state index in [0.717, 1.165) is 29.8 Å². The molecule has 2 fully saturated rings. The normalized spacial score (nSPS) is 20.8. The molecule has 8 nitrogen and oxygen atoms in total. The average Bonchev–Trinajstić information content (AvgIpc) is 3.20. The minimum Gasteiger partial charge on any atom is -0.464 e. The number of carbonyl (C=O) groups is 3. The molecule has 9 heteroatoms. The smallest absolute Gasteiger partial charge is 0.329 e. The Labute approximate surface area is 155 Å². The lowest BCUT2D eigenvalue weighted by atomic mass is 10.3. The Morgan fingerprint density at radius 1 is 1.35 bits per heavy atom. The van der Waals surface area contributed by atoms with Gasteiger partial charge < -0.3 is 18.8 Å². The number of rotatable bonds is 5. The van der Waals surface area contributed by atoms with Crippen LogP contribution in [0.15, 0.2) is 21.5 Å². The van der Waals surface area contributed by atoms with E-state index in [-0.39, 0.29) is 11.5 Å². The first-order valence-corrected chi connectivity index (χ1v) is 9.19. The number of amides is 2. The van der Waals surface area contributed by atoms with E-state index < -0.39 is 23.2 Å². The molecule has 3 heterocycles. The lowest BCUT2D eigenvalue weighted by molar-refractivity contribution is -0.150. The van der Waals surface area contributed by atoms with Gasteiger partial charge in [-0.15, -0.1) is 0 Å². The topological polar surface area (TPSA) is 89.3 Å². The fourth-order valence-electron chi connectivity index (χ4n) is 2.68. The van der Waals surface area contributed by atoms with Crippen LogP contribution >= 0.6 is 11.8 Å². The zero-order chi connectivity index (χ0) is 18.7. The maximum atomic E-state index is 12.5. The SMILES string of the molecule is CCOC(=O)[C@H](C)N1C(=O)S/C(=C/c2ccc(N3CCOCC3)o2)C1=O. The van der Waals surface area contributed by atoms with Gasteiger partial charge in [-0.25, -0.2) is 4.79 Å². The molecule has 2 saturated heterocycles. The molecule has 2 amide bonds. The summed E-state index contributed by atoms with van der Waals surface area (Å²) in [5, 5.41) is -0.498. The number of imide groups is 1. The van der Waals surface area contributed by atoms with E-state index in [1.807, 2.05) is 6.07 Å². The van der Waals surface area contributed by atoms with Gasteiger partial charge in [0, 0.05) is 25.2 Å². The molecule has 0 saturated carbocycles. The Kier molecular flexibility index (Phi) is 5.67. The number of hydrogen-bond donors (Lipinski definition) is 0. The van der Waals surface area contributed by atoms with Gasteiger partial charge in [0.25, 0.3) is 11.1 Å². The van der Waals surface area contributed by atoms with Crippen LogP contribution in [0.25, 0.3) is 6.08 Å². The number of carbonyl (C=O) groups excluding carboxylic acids is 3. The first-order valence-electron chi connectivity index (χ1n) is 8.37. The highest BCUT2D eigenvalue weighted by Gasteiger charge is 2.41. The molecule has 1 aromatic rings. The van der Waals surface area contributed by atoms with E-state index in [9.17, 15) is 14.4 Å². The van der Waals surface area contributed by atoms with Gasteiger partial charge in [-0.05, 0) is 31.7 Å². The van der Waals surface area contributed by atoms with Gasteiger partial charge in [0.1, 0.15) is 11.8 Å². The molecule has 0 unspecified atom stereocenters. The molecule has 0 bridgehead atoms. The minimum atomic E-state index is -0.964. The molecule has 0 radical (unpaired) electrons. The summed E-state index contributed by atoms with van der Waals surface area (Å²) in [6.45, 7) is 6.08. The third kappa shape index (κ3) is 3.78. The van der Waals surface area contributed by atoms with Crippen LogP contribution in [0.2, 0.25) is 0 Å². The van der Waals surface area contributed by atoms with Crippen molar-refractivity contribution >= 4 is 40.8 Å². The standard InChI is InChI=1S/C17H20N2O6S/c1-3-24-16(21)11(2)19-15(20)13(26-17(19)22)10-12-4-5-14(25-12)18-6-8-23-9-7-18/h4-5,10-11H,3,6-9H2,1-2H3/b13-10+/t11-/m0/s1. The number of furan rings is 1. The number of esters is 1. The number of nitrogens with zero attached hydrogens (tertiary/aromatic N) is 2. The Morgan fingerprint density at radius 3 is 2.77 bits per heavy atom. The summed E-state index contributed by atoms with van der Waals surface area (Å²) < 4.78 is 16.0. The van der Waals surface area contributed by atoms with Gasteiger partial charge in [-0.1, -0.05) is 0 Å². The lowest BCUT2D eigenvalue weighted by Gasteiger charge is -2.26. The second-order valence-electron chi connectivity index (χ2n) is 5.76. The maximum absolute atomic E-state index is 12.5. The van der Waals surface area contributed by atoms with Crippen LogP contribution in [0, 0.1) is 0 Å². The van der Waals surface area contributed by atoms with Gasteiger partial charge in [0.15, 0.2) is 5.88 Å². The third-order valence-electron chi connectivity index (χ3n) is 4.05. The highest BCUT2D eigenvalue weighted by molar-refractivity contribution is 8.18. The highest BCUT2D eigenvalue weighted by Crippen LogP contribution is 2.34. The van der Waals surface area contributed by atoms with Crippen molar-refractivity contribution in [1.82, 2.24) is 4.90 Å². The molecule has 2 aliphatic rings. The quantitative estimate of drug-likeness (QED) is 0.567. The summed E-state index contributed by atoms with van der Waals surface area (Å²) in [4.78, 5) is 39.7. The predicted molar refractivity (Wildman–Crippen MR) is 95.6 cm³/mol. The molecule has 0 aromatic carbocycles. The second-order valence-corrected chi connectivity index (χ2v) is 6.75. The van der Waals surface area contributed by atoms with Crippen LogP contribution < -0.4 is 4.90 Å². The Hall–Kier alpha value is -2.26. The van der Waals surface area contributed by atoms with Crippen molar-refractivity contribution in [2.45, 2.75) is 19.9 Å². The zero-order valence-corrected chi connectivity index (χ0v) is 15.4. The molecule has 26 heavy (non-hydrogen) atoms. The van der Waals surface area contributed by atoms with E-state index in [0.29, 0.717) is 24.9 Å². The van der Waals surface area contributed by atoms with E-state index in [4.69, 9.17) is 13.9 Å². The van der Waals surface area contributed by atoms with Crippen molar-refractivity contribution in [2.75, 3.05) is 37.8 Å². The summed E-state index contributed by atoms with van der Waals surface area (Å²) >= 11 is 0.782. The summed E-state index contributed by atoms with van der Waals surface area (Å²) in [6.07, 6.45) is 1.52. The van der Waals surface area contributed by atoms with Crippen LogP contribution in [-0.4, -0.2) is 61.0 Å². The Balaban J connectivity index is 1.73. The number of morpholine rings is 1. The number of thioether (sulfide) groups is 1. The summed E-state index contributed by atoms with van der Waals surface area (Å²) in [5.41, 5.74) is 0. The predicted octanol–water partition coefficient (Wildman–Crippen LogP) is 2.10. The molecular weight excluding hydrogens is 360 g/mol. The van der Waals surface area contributed by atoms with Crippen LogP contribution in [0.3, 0.4) is 0 Å². The first kappa shape index (κ1) is 18.5. The summed E-state index contributed by atoms with van der Waals surface area (Å²) in [6, 6.07) is 2.60. The van der Waals surface area contributed by atoms with Crippen molar-refractivity contribution in [1.29, 1.82) is 0 Å². The number of anilines is 1. The van der Waals surface area contributed by atoms with Crippen molar-refractivity contribution in [2.24, 2.45) is 0 Å². The molecule has 1 atom stereocenters. The maximum Gasteiger partial charge on any atom is 0.329 e. The van der Waals surface area contributed by atoms with Gasteiger partial charge in [0.2, 0.25) is 0 Å². The van der Waals surface area contributed by atoms with Crippen molar-refractivity contribution in [3.63, 3.8) is 0 Å². The minimum absolute atomic E-state index is 0.186. The van der Waals surface area contributed by atoms with Crippen LogP contribution in [0.4, 0.5) is 10.7 Å². The highest BCUT2D eigenvalue weighted by atomic mass is 32.2. The average molecular weight is 380 g/mol. The molecule has 0 N–H and O–H groups in total. The molecule has 1 aromatic heterocycles. The molecular formula is C17H20N2O6S.